The van der Waals surface area contributed by atoms with Gasteiger partial charge in [-0.15, -0.1) is 22.7 Å². The number of hydrogen-bond acceptors (Lipinski definition) is 13. The van der Waals surface area contributed by atoms with E-state index in [4.69, 9.17) is 0 Å². The van der Waals surface area contributed by atoms with Gasteiger partial charge in [-0.25, -0.2) is 33.8 Å². The highest BCUT2D eigenvalue weighted by Crippen LogP contribution is 2.37. The van der Waals surface area contributed by atoms with Crippen LogP contribution in [0, 0.1) is 0 Å². The Kier molecular flexibility index (Phi) is 21.8. The standard InChI is InChI=1S/C12H14N2O.C11H13N3O.C10H11N3O2.2C10H12N2OS.C8H10N4O2.CH4/c1-8(2)14-9(3)10-6-4-5-7-11(10)13-12(14)15;1-7(2)14-8(3)9-6-12-5-4-10(9)13-11(14)15;1-6(2)13-9(14)7-3-4-11-5-8(7)12-10(13)15;1-6(2)12-7(3)8-4-14-5-9(8)11-10(12)13;1-6(2)12-7(3)9-8(4-5-14-9)11-10(12)13;1-4(2)12-7(13)5-6(10-3-9-5)11-8(12)14;/h4-8H,3H2,1-2H3,(H,13,15);4-7H,3H2,1-2H3,(H,13,15);3-6H,1-2H3,(H,12,15);2*4-6H,3H2,1-2H3,(H,11,13);3-4H,1-2H3,(H,9,10)(H,11,14);1H4. The molecule has 0 saturated heterocycles. The predicted octanol–water partition coefficient (Wildman–Crippen LogP) is 12.5. The lowest BCUT2D eigenvalue weighted by atomic mass is 10.1. The zero-order valence-electron chi connectivity index (χ0n) is 50.6. The molecule has 0 spiro atoms. The van der Waals surface area contributed by atoms with Gasteiger partial charge in [-0.1, -0.05) is 51.9 Å². The van der Waals surface area contributed by atoms with Crippen molar-refractivity contribution in [3.05, 3.63) is 179 Å². The number of hydrogen-bond donors (Lipinski definition) is 7. The second-order valence-corrected chi connectivity index (χ2v) is 23.3. The highest BCUT2D eigenvalue weighted by Gasteiger charge is 2.32. The summed E-state index contributed by atoms with van der Waals surface area (Å²) in [5, 5.41) is 17.7. The van der Waals surface area contributed by atoms with Crippen LogP contribution in [0.25, 0.3) is 44.9 Å². The van der Waals surface area contributed by atoms with Crippen LogP contribution < -0.4 is 43.8 Å². The molecule has 11 heterocycles. The first kappa shape index (κ1) is 67.2. The van der Waals surface area contributed by atoms with Gasteiger partial charge in [-0.05, 0) is 113 Å². The first-order valence-corrected chi connectivity index (χ1v) is 29.6. The average molecular weight is 1240 g/mol. The average Bonchev–Trinajstić information content (AvgIpc) is 1.59. The number of carbonyl (C=O) groups excluding carboxylic acids is 4. The first-order valence-electron chi connectivity index (χ1n) is 27.8. The van der Waals surface area contributed by atoms with Gasteiger partial charge in [0.05, 0.1) is 56.8 Å². The SMILES string of the molecule is C.C=C1c2ccccc2NC(=O)N1C(C)C.C=C1c2cnccc2NC(=O)N1C(C)C.C=C1c2cscc2NC(=O)N1C(C)C.C=C1c2sccc2NC(=O)N1C(C)C.CC(C)n1c(=O)[nH]c2cnccc2c1=O.CC(C)n1c(=O)[nH]c2nc[nH]c2c1=O. The van der Waals surface area contributed by atoms with Crippen LogP contribution in [0.5, 0.6) is 0 Å². The lowest BCUT2D eigenvalue weighted by molar-refractivity contribution is 0.221. The smallest absolute Gasteiger partial charge is 0.330 e. The molecule has 1 aromatic carbocycles. The zero-order valence-corrected chi connectivity index (χ0v) is 52.2. The molecular formula is C62H76N16O8S2. The molecular weight excluding hydrogens is 1160 g/mol. The summed E-state index contributed by atoms with van der Waals surface area (Å²) in [6.07, 6.45) is 7.76. The number of benzene rings is 1. The lowest BCUT2D eigenvalue weighted by Crippen LogP contribution is -2.41. The minimum absolute atomic E-state index is 0. The van der Waals surface area contributed by atoms with E-state index in [1.807, 2.05) is 102 Å². The van der Waals surface area contributed by atoms with Crippen LogP contribution in [-0.4, -0.2) is 107 Å². The minimum atomic E-state index is -0.426. The normalized spacial score (nSPS) is 13.9. The van der Waals surface area contributed by atoms with Crippen LogP contribution in [-0.2, 0) is 0 Å². The molecule has 26 heteroatoms. The van der Waals surface area contributed by atoms with E-state index in [0.29, 0.717) is 27.8 Å². The van der Waals surface area contributed by atoms with Crippen LogP contribution in [0.3, 0.4) is 0 Å². The van der Waals surface area contributed by atoms with Crippen LogP contribution in [0.2, 0.25) is 0 Å². The van der Waals surface area contributed by atoms with Crippen LogP contribution >= 0.6 is 22.7 Å². The fourth-order valence-electron chi connectivity index (χ4n) is 9.64. The quantitative estimate of drug-likeness (QED) is 0.0821. The number of nitrogens with zero attached hydrogens (tertiary/aromatic N) is 9. The van der Waals surface area contributed by atoms with E-state index in [0.717, 1.165) is 66.0 Å². The summed E-state index contributed by atoms with van der Waals surface area (Å²) < 4.78 is 2.35. The van der Waals surface area contributed by atoms with Crippen molar-refractivity contribution >= 4 is 114 Å². The molecule has 0 radical (unpaired) electrons. The summed E-state index contributed by atoms with van der Waals surface area (Å²) >= 11 is 3.17. The van der Waals surface area contributed by atoms with Crippen LogP contribution in [0.1, 0.15) is 124 Å². The van der Waals surface area contributed by atoms with Gasteiger partial charge in [0.1, 0.15) is 5.52 Å². The molecule has 88 heavy (non-hydrogen) atoms. The third kappa shape index (κ3) is 14.3. The monoisotopic (exact) mass is 1240 g/mol. The Labute approximate surface area is 517 Å². The van der Waals surface area contributed by atoms with Crippen molar-refractivity contribution in [2.24, 2.45) is 0 Å². The van der Waals surface area contributed by atoms with E-state index in [-0.39, 0.29) is 78.9 Å². The van der Waals surface area contributed by atoms with Crippen LogP contribution in [0.15, 0.2) is 135 Å². The number of aromatic amines is 3. The molecule has 0 saturated carbocycles. The number of fused-ring (bicyclic) bond motifs is 6. The van der Waals surface area contributed by atoms with Gasteiger partial charge < -0.3 is 31.2 Å². The number of H-pyrrole nitrogens is 3. The number of carbonyl (C=O) groups is 4. The third-order valence-corrected chi connectivity index (χ3v) is 15.3. The fraction of sp³-hybridized carbons (Fsp3) is 0.306. The summed E-state index contributed by atoms with van der Waals surface area (Å²) in [7, 11) is 0. The first-order chi connectivity index (χ1) is 41.2. The number of para-hydroxylation sites is 1. The van der Waals surface area contributed by atoms with E-state index in [1.54, 1.807) is 94.5 Å². The maximum atomic E-state index is 11.9. The Hall–Kier alpha value is -9.95. The highest BCUT2D eigenvalue weighted by atomic mass is 32.1. The summed E-state index contributed by atoms with van der Waals surface area (Å²) in [5.41, 5.74) is 9.02. The number of aromatic nitrogens is 8. The molecule has 4 aliphatic heterocycles. The van der Waals surface area contributed by atoms with Gasteiger partial charge in [-0.2, -0.15) is 0 Å². The number of thiophene rings is 2. The molecule has 7 N–H and O–H groups in total. The van der Waals surface area contributed by atoms with Gasteiger partial charge in [-0.3, -0.25) is 53.3 Å². The van der Waals surface area contributed by atoms with Crippen molar-refractivity contribution in [1.29, 1.82) is 0 Å². The Morgan fingerprint density at radius 3 is 1.53 bits per heavy atom. The molecule has 0 aliphatic carbocycles. The Balaban J connectivity index is 0.000000168. The Bertz CT molecular complexity index is 4040. The molecule has 8 aromatic rings. The number of urea groups is 4. The Morgan fingerprint density at radius 1 is 0.477 bits per heavy atom. The maximum Gasteiger partial charge on any atom is 0.330 e. The van der Waals surface area contributed by atoms with Gasteiger partial charge in [0.25, 0.3) is 11.1 Å². The van der Waals surface area contributed by atoms with Crippen molar-refractivity contribution < 1.29 is 19.2 Å². The molecule has 7 aromatic heterocycles. The van der Waals surface area contributed by atoms with Gasteiger partial charge >= 0.3 is 35.5 Å². The van der Waals surface area contributed by atoms with Gasteiger partial charge in [0.15, 0.2) is 5.65 Å². The molecule has 4 aliphatic rings. The molecule has 0 fully saturated rings. The van der Waals surface area contributed by atoms with Crippen molar-refractivity contribution in [3.8, 4) is 0 Å². The highest BCUT2D eigenvalue weighted by molar-refractivity contribution is 7.11. The minimum Gasteiger partial charge on any atom is -0.339 e. The number of anilines is 4. The van der Waals surface area contributed by atoms with Crippen molar-refractivity contribution in [2.75, 3.05) is 21.3 Å². The topological polar surface area (TPSA) is 294 Å². The van der Waals surface area contributed by atoms with E-state index in [9.17, 15) is 38.4 Å². The Morgan fingerprint density at radius 2 is 0.955 bits per heavy atom. The largest absolute Gasteiger partial charge is 0.339 e. The lowest BCUT2D eigenvalue weighted by Gasteiger charge is -2.34. The van der Waals surface area contributed by atoms with Crippen LogP contribution in [0.4, 0.5) is 41.9 Å². The maximum absolute atomic E-state index is 11.9. The van der Waals surface area contributed by atoms with E-state index < -0.39 is 11.4 Å². The second kappa shape index (κ2) is 28.5. The summed E-state index contributed by atoms with van der Waals surface area (Å²) in [6, 6.07) is 12.7. The van der Waals surface area contributed by atoms with E-state index >= 15 is 0 Å². The molecule has 0 bridgehead atoms. The number of amides is 8. The predicted molar refractivity (Wildman–Crippen MR) is 355 cm³/mol. The van der Waals surface area contributed by atoms with Crippen molar-refractivity contribution in [3.63, 3.8) is 0 Å². The summed E-state index contributed by atoms with van der Waals surface area (Å²) in [4.78, 5) is 121. The molecule has 464 valence electrons. The number of nitrogens with one attached hydrogen (secondary N) is 7. The summed E-state index contributed by atoms with van der Waals surface area (Å²) in [5.74, 6) is 0. The van der Waals surface area contributed by atoms with Gasteiger partial charge in [0, 0.05) is 99.4 Å². The molecule has 0 unspecified atom stereocenters. The van der Waals surface area contributed by atoms with Gasteiger partial charge in [0.2, 0.25) is 0 Å². The van der Waals surface area contributed by atoms with E-state index in [2.05, 4.69) is 77.5 Å². The molecule has 8 amide bonds. The third-order valence-electron chi connectivity index (χ3n) is 13.6. The fourth-order valence-corrected chi connectivity index (χ4v) is 11.3. The number of imidazole rings is 1. The zero-order chi connectivity index (χ0) is 63.9. The molecule has 0 atom stereocenters. The van der Waals surface area contributed by atoms with Crippen molar-refractivity contribution in [2.45, 2.75) is 127 Å². The van der Waals surface area contributed by atoms with E-state index in [1.165, 1.54) is 23.3 Å². The number of pyridine rings is 2. The molecule has 24 nitrogen and oxygen atoms in total. The number of rotatable bonds is 6. The summed E-state index contributed by atoms with van der Waals surface area (Å²) in [6.45, 7) is 38.7. The second-order valence-electron chi connectivity index (χ2n) is 21.6. The molecule has 12 rings (SSSR count). The van der Waals surface area contributed by atoms with Crippen molar-refractivity contribution in [1.82, 2.24) is 58.6 Å².